The lowest BCUT2D eigenvalue weighted by Gasteiger charge is -2.39. The van der Waals surface area contributed by atoms with Crippen LogP contribution in [0.5, 0.6) is 0 Å². The highest BCUT2D eigenvalue weighted by Gasteiger charge is 2.35. The molecule has 1 amide bonds. The number of amides is 1. The number of hydrogen-bond acceptors (Lipinski definition) is 4. The molecule has 1 saturated heterocycles. The van der Waals surface area contributed by atoms with Crippen molar-refractivity contribution in [2.24, 2.45) is 0 Å². The molecule has 5 heteroatoms. The molecular formula is C18H27N3O2. The van der Waals surface area contributed by atoms with Crippen molar-refractivity contribution >= 4 is 5.91 Å². The van der Waals surface area contributed by atoms with Crippen LogP contribution < -0.4 is 5.32 Å². The number of rotatable bonds is 4. The van der Waals surface area contributed by atoms with Gasteiger partial charge in [-0.05, 0) is 51.2 Å². The average Bonchev–Trinajstić information content (AvgIpc) is 2.60. The molecule has 0 aromatic carbocycles. The molecule has 23 heavy (non-hydrogen) atoms. The van der Waals surface area contributed by atoms with Gasteiger partial charge in [-0.1, -0.05) is 6.07 Å². The molecule has 5 nitrogen and oxygen atoms in total. The first-order valence-electron chi connectivity index (χ1n) is 8.66. The molecule has 1 aliphatic carbocycles. The highest BCUT2D eigenvalue weighted by molar-refractivity contribution is 5.85. The van der Waals surface area contributed by atoms with E-state index in [2.05, 4.69) is 16.3 Å². The number of nitrogens with zero attached hydrogens (tertiary/aromatic N) is 2. The van der Waals surface area contributed by atoms with E-state index in [9.17, 15) is 4.79 Å². The summed E-state index contributed by atoms with van der Waals surface area (Å²) in [6.45, 7) is 7.46. The molecule has 0 saturated carbocycles. The largest absolute Gasteiger partial charge is 0.379 e. The summed E-state index contributed by atoms with van der Waals surface area (Å²) in [6.07, 6.45) is 4.69. The Kier molecular flexibility index (Phi) is 4.97. The second kappa shape index (κ2) is 6.97. The fraction of sp³-hybridized carbons (Fsp3) is 0.667. The summed E-state index contributed by atoms with van der Waals surface area (Å²) in [5, 5.41) is 3.06. The van der Waals surface area contributed by atoms with Gasteiger partial charge in [0.25, 0.3) is 0 Å². The highest BCUT2D eigenvalue weighted by atomic mass is 16.5. The van der Waals surface area contributed by atoms with E-state index in [1.165, 1.54) is 24.1 Å². The van der Waals surface area contributed by atoms with E-state index in [-0.39, 0.29) is 5.91 Å². The molecule has 0 spiro atoms. The summed E-state index contributed by atoms with van der Waals surface area (Å²) >= 11 is 0. The Morgan fingerprint density at radius 2 is 2.00 bits per heavy atom. The van der Waals surface area contributed by atoms with Gasteiger partial charge < -0.3 is 10.1 Å². The van der Waals surface area contributed by atoms with Crippen molar-refractivity contribution in [3.63, 3.8) is 0 Å². The second-order valence-corrected chi connectivity index (χ2v) is 6.96. The van der Waals surface area contributed by atoms with Gasteiger partial charge >= 0.3 is 0 Å². The van der Waals surface area contributed by atoms with Crippen molar-refractivity contribution in [1.29, 1.82) is 0 Å². The molecule has 1 N–H and O–H groups in total. The number of ether oxygens (including phenoxy) is 1. The number of nitrogens with one attached hydrogen (secondary N) is 1. The predicted molar refractivity (Wildman–Crippen MR) is 89.2 cm³/mol. The van der Waals surface area contributed by atoms with Crippen LogP contribution in [0.4, 0.5) is 0 Å². The minimum atomic E-state index is -0.516. The topological polar surface area (TPSA) is 54.5 Å². The van der Waals surface area contributed by atoms with E-state index in [1.54, 1.807) is 0 Å². The maximum atomic E-state index is 12.6. The standard InChI is InChI=1S/C18H27N3O2/c1-18(2,21-9-11-23-12-10-21)17(22)19-13-15-8-7-14-5-3-4-6-16(14)20-15/h7-8H,3-6,9-13H2,1-2H3,(H,19,22). The predicted octanol–water partition coefficient (Wildman–Crippen LogP) is 1.69. The first-order chi connectivity index (χ1) is 11.1. The summed E-state index contributed by atoms with van der Waals surface area (Å²) < 4.78 is 5.37. The van der Waals surface area contributed by atoms with Crippen molar-refractivity contribution in [3.05, 3.63) is 29.1 Å². The zero-order valence-corrected chi connectivity index (χ0v) is 14.2. The lowest BCUT2D eigenvalue weighted by atomic mass is 9.96. The molecule has 0 atom stereocenters. The van der Waals surface area contributed by atoms with Gasteiger partial charge in [-0.15, -0.1) is 0 Å². The molecule has 1 aromatic heterocycles. The van der Waals surface area contributed by atoms with Gasteiger partial charge in [0, 0.05) is 18.8 Å². The summed E-state index contributed by atoms with van der Waals surface area (Å²) in [6, 6.07) is 4.22. The maximum Gasteiger partial charge on any atom is 0.240 e. The molecule has 3 rings (SSSR count). The Hall–Kier alpha value is -1.46. The van der Waals surface area contributed by atoms with Crippen LogP contribution in [-0.2, 0) is 28.9 Å². The van der Waals surface area contributed by atoms with Gasteiger partial charge in [0.1, 0.15) is 0 Å². The quantitative estimate of drug-likeness (QED) is 0.918. The van der Waals surface area contributed by atoms with Crippen LogP contribution in [0.2, 0.25) is 0 Å². The third-order valence-electron chi connectivity index (χ3n) is 5.02. The van der Waals surface area contributed by atoms with Gasteiger partial charge in [0.05, 0.1) is 31.0 Å². The first kappa shape index (κ1) is 16.4. The number of carbonyl (C=O) groups is 1. The van der Waals surface area contributed by atoms with Gasteiger partial charge in [0.15, 0.2) is 0 Å². The normalized spacial score (nSPS) is 19.2. The van der Waals surface area contributed by atoms with Crippen LogP contribution >= 0.6 is 0 Å². The summed E-state index contributed by atoms with van der Waals surface area (Å²) in [7, 11) is 0. The first-order valence-corrected chi connectivity index (χ1v) is 8.66. The summed E-state index contributed by atoms with van der Waals surface area (Å²) in [5.41, 5.74) is 3.03. The van der Waals surface area contributed by atoms with Gasteiger partial charge in [0.2, 0.25) is 5.91 Å². The van der Waals surface area contributed by atoms with Crippen LogP contribution in [-0.4, -0.2) is 47.6 Å². The van der Waals surface area contributed by atoms with Crippen molar-refractivity contribution in [1.82, 2.24) is 15.2 Å². The molecule has 1 aromatic rings. The lowest BCUT2D eigenvalue weighted by molar-refractivity contribution is -0.134. The molecule has 0 radical (unpaired) electrons. The van der Waals surface area contributed by atoms with Crippen molar-refractivity contribution < 1.29 is 9.53 Å². The van der Waals surface area contributed by atoms with Crippen LogP contribution in [0.3, 0.4) is 0 Å². The number of carbonyl (C=O) groups excluding carboxylic acids is 1. The molecule has 2 aliphatic rings. The van der Waals surface area contributed by atoms with Crippen LogP contribution in [0.25, 0.3) is 0 Å². The number of aromatic nitrogens is 1. The zero-order chi connectivity index (χ0) is 16.3. The molecule has 126 valence electrons. The SMILES string of the molecule is CC(C)(C(=O)NCc1ccc2c(n1)CCCC2)N1CCOCC1. The van der Waals surface area contributed by atoms with E-state index in [0.717, 1.165) is 31.6 Å². The van der Waals surface area contributed by atoms with Gasteiger partial charge in [-0.2, -0.15) is 0 Å². The van der Waals surface area contributed by atoms with Crippen molar-refractivity contribution in [3.8, 4) is 0 Å². The second-order valence-electron chi connectivity index (χ2n) is 6.96. The van der Waals surface area contributed by atoms with Gasteiger partial charge in [-0.25, -0.2) is 0 Å². The fourth-order valence-corrected chi connectivity index (χ4v) is 3.38. The van der Waals surface area contributed by atoms with E-state index in [4.69, 9.17) is 9.72 Å². The Balaban J connectivity index is 1.59. The minimum Gasteiger partial charge on any atom is -0.379 e. The molecule has 2 heterocycles. The Morgan fingerprint density at radius 1 is 1.26 bits per heavy atom. The van der Waals surface area contributed by atoms with Crippen molar-refractivity contribution in [2.75, 3.05) is 26.3 Å². The average molecular weight is 317 g/mol. The van der Waals surface area contributed by atoms with E-state index < -0.39 is 5.54 Å². The van der Waals surface area contributed by atoms with Crippen molar-refractivity contribution in [2.45, 2.75) is 51.6 Å². The number of pyridine rings is 1. The van der Waals surface area contributed by atoms with Crippen LogP contribution in [0.1, 0.15) is 43.6 Å². The summed E-state index contributed by atoms with van der Waals surface area (Å²) in [4.78, 5) is 19.5. The Labute approximate surface area is 138 Å². The highest BCUT2D eigenvalue weighted by Crippen LogP contribution is 2.20. The fourth-order valence-electron chi connectivity index (χ4n) is 3.38. The maximum absolute atomic E-state index is 12.6. The molecule has 1 aliphatic heterocycles. The van der Waals surface area contributed by atoms with E-state index in [0.29, 0.717) is 19.8 Å². The molecule has 0 bridgehead atoms. The Bertz CT molecular complexity index is 565. The molecule has 0 unspecified atom stereocenters. The molecular weight excluding hydrogens is 290 g/mol. The third-order valence-corrected chi connectivity index (χ3v) is 5.02. The van der Waals surface area contributed by atoms with E-state index >= 15 is 0 Å². The van der Waals surface area contributed by atoms with Gasteiger partial charge in [-0.3, -0.25) is 14.7 Å². The number of hydrogen-bond donors (Lipinski definition) is 1. The summed E-state index contributed by atoms with van der Waals surface area (Å²) in [5.74, 6) is 0.0546. The smallest absolute Gasteiger partial charge is 0.240 e. The number of aryl methyl sites for hydroxylation is 2. The molecule has 1 fully saturated rings. The van der Waals surface area contributed by atoms with Crippen LogP contribution in [0.15, 0.2) is 12.1 Å². The monoisotopic (exact) mass is 317 g/mol. The zero-order valence-electron chi connectivity index (χ0n) is 14.2. The Morgan fingerprint density at radius 3 is 2.78 bits per heavy atom. The van der Waals surface area contributed by atoms with E-state index in [1.807, 2.05) is 19.9 Å². The van der Waals surface area contributed by atoms with Crippen LogP contribution in [0, 0.1) is 0 Å². The lowest BCUT2D eigenvalue weighted by Crippen LogP contribution is -2.57. The minimum absolute atomic E-state index is 0.0546. The third kappa shape index (κ3) is 3.72. The number of morpholine rings is 1. The number of fused-ring (bicyclic) bond motifs is 1.